The molecule has 2 aliphatic heterocycles. The maximum absolute atomic E-state index is 12.1. The summed E-state index contributed by atoms with van der Waals surface area (Å²) in [5.74, 6) is 5.99. The topological polar surface area (TPSA) is 104 Å². The first-order chi connectivity index (χ1) is 46.1. The van der Waals surface area contributed by atoms with E-state index < -0.39 is 5.97 Å². The third-order valence-corrected chi connectivity index (χ3v) is 18.7. The molecule has 12 rings (SSSR count). The Morgan fingerprint density at radius 2 is 0.612 bits per heavy atom. The molecule has 9 nitrogen and oxygen atoms in total. The van der Waals surface area contributed by atoms with Crippen LogP contribution in [0.5, 0.6) is 0 Å². The van der Waals surface area contributed by atoms with Crippen LogP contribution in [0, 0.1) is 11.8 Å². The predicted octanol–water partition coefficient (Wildman–Crippen LogP) is 23.9. The number of rotatable bonds is 10. The largest absolute Gasteiger partial charge is 0.478 e. The van der Waals surface area contributed by atoms with Crippen LogP contribution < -0.4 is 14.7 Å². The maximum atomic E-state index is 12.1. The molecule has 0 radical (unpaired) electrons. The lowest BCUT2D eigenvalue weighted by Crippen LogP contribution is -2.16. The van der Waals surface area contributed by atoms with Crippen LogP contribution in [0.1, 0.15) is 202 Å². The third-order valence-electron chi connectivity index (χ3n) is 18.7. The van der Waals surface area contributed by atoms with Gasteiger partial charge >= 0.3 is 5.97 Å². The Morgan fingerprint density at radius 3 is 0.918 bits per heavy atom. The number of aromatic carboxylic acids is 1. The lowest BCUT2D eigenvalue weighted by molar-refractivity contribution is 0.0696. The van der Waals surface area contributed by atoms with Crippen molar-refractivity contribution in [2.75, 3.05) is 14.7 Å². The monoisotopic (exact) mass is 1290 g/mol. The second-order valence-corrected chi connectivity index (χ2v) is 32.4. The van der Waals surface area contributed by atoms with Gasteiger partial charge < -0.3 is 29.8 Å². The average Bonchev–Trinajstić information content (AvgIpc) is 1.55. The number of nitrogens with one attached hydrogen (secondary N) is 2. The summed E-state index contributed by atoms with van der Waals surface area (Å²) in [4.78, 5) is 38.8. The molecule has 496 valence electrons. The molecule has 0 fully saturated rings. The van der Waals surface area contributed by atoms with Gasteiger partial charge in [-0.05, 0) is 212 Å². The van der Waals surface area contributed by atoms with Gasteiger partial charge in [-0.15, -0.1) is 0 Å². The molecule has 0 atom stereocenters. The molecule has 3 N–H and O–H groups in total. The van der Waals surface area contributed by atoms with Crippen LogP contribution in [0.15, 0.2) is 194 Å². The van der Waals surface area contributed by atoms with Crippen LogP contribution in [0.4, 0.5) is 51.2 Å². The molecule has 0 saturated carbocycles. The molecule has 3 aromatic heterocycles. The summed E-state index contributed by atoms with van der Waals surface area (Å²) < 4.78 is 0. The molecule has 7 aromatic carbocycles. The van der Waals surface area contributed by atoms with Crippen LogP contribution in [0.2, 0.25) is 0 Å². The first-order valence-corrected chi connectivity index (χ1v) is 34.2. The third kappa shape index (κ3) is 14.2. The summed E-state index contributed by atoms with van der Waals surface area (Å²) in [5, 5.41) is 9.87. The number of carbonyl (C=O) groups is 1. The lowest BCUT2D eigenvalue weighted by Gasteiger charge is -2.29. The fourth-order valence-corrected chi connectivity index (χ4v) is 12.7. The van der Waals surface area contributed by atoms with E-state index in [1.807, 2.05) is 0 Å². The molecule has 5 heterocycles. The van der Waals surface area contributed by atoms with Crippen LogP contribution in [0.25, 0.3) is 46.4 Å². The molecule has 8 bridgehead atoms. The van der Waals surface area contributed by atoms with Crippen molar-refractivity contribution in [3.05, 3.63) is 267 Å². The van der Waals surface area contributed by atoms with Crippen molar-refractivity contribution in [2.45, 2.75) is 157 Å². The van der Waals surface area contributed by atoms with Gasteiger partial charge in [-0.1, -0.05) is 209 Å². The maximum Gasteiger partial charge on any atom is 0.335 e. The summed E-state index contributed by atoms with van der Waals surface area (Å²) in [6.45, 7) is 40.5. The van der Waals surface area contributed by atoms with Crippen LogP contribution in [-0.4, -0.2) is 31.0 Å². The zero-order valence-corrected chi connectivity index (χ0v) is 60.4. The fourth-order valence-electron chi connectivity index (χ4n) is 12.7. The van der Waals surface area contributed by atoms with E-state index >= 15 is 0 Å². The normalized spacial score (nSPS) is 12.7. The first-order valence-electron chi connectivity index (χ1n) is 34.2. The molecule has 0 amide bonds. The van der Waals surface area contributed by atoms with Crippen molar-refractivity contribution in [1.29, 1.82) is 0 Å². The molecule has 9 heteroatoms. The molecule has 0 saturated heterocycles. The van der Waals surface area contributed by atoms with E-state index in [1.54, 1.807) is 24.3 Å². The number of H-pyrrole nitrogens is 2. The van der Waals surface area contributed by atoms with Gasteiger partial charge in [-0.25, -0.2) is 14.8 Å². The highest BCUT2D eigenvalue weighted by Gasteiger charge is 2.29. The SMILES string of the molecule is CC(C)(C)c1ccc(N(c2ccc(C(C)(C)C)cc2)c2c3nc(c(N(c4ccc(C(C)(C)C)cc4)c4ccc(C(C)(C)C)cc4)c4ccc([nH]4)c(N(c4ccc(C(C)(C)C)cc4)c4ccc(C(C)(C)C)cc4)c4nc(cc5[nH]c2cc5C#Cc2ccc(C(=O)O)cc2)C=C4)C=C3)cc1. The summed E-state index contributed by atoms with van der Waals surface area (Å²) in [7, 11) is 0. The Balaban J connectivity index is 1.26. The predicted molar refractivity (Wildman–Crippen MR) is 414 cm³/mol. The van der Waals surface area contributed by atoms with Gasteiger partial charge in [0.25, 0.3) is 0 Å². The minimum absolute atomic E-state index is 0.0792. The summed E-state index contributed by atoms with van der Waals surface area (Å²) in [6, 6.07) is 69.1. The Morgan fingerprint density at radius 1 is 0.327 bits per heavy atom. The summed E-state index contributed by atoms with van der Waals surface area (Å²) in [6.07, 6.45) is 8.53. The van der Waals surface area contributed by atoms with E-state index in [1.165, 1.54) is 33.4 Å². The second kappa shape index (κ2) is 25.5. The molecule has 0 unspecified atom stereocenters. The van der Waals surface area contributed by atoms with E-state index in [9.17, 15) is 9.90 Å². The molecular formula is C89H93N7O2. The Bertz CT molecular complexity index is 4760. The molecule has 0 spiro atoms. The lowest BCUT2D eigenvalue weighted by atomic mass is 9.86. The van der Waals surface area contributed by atoms with E-state index in [0.29, 0.717) is 22.5 Å². The van der Waals surface area contributed by atoms with E-state index in [-0.39, 0.29) is 38.1 Å². The number of hydrogen-bond acceptors (Lipinski definition) is 6. The number of aromatic amines is 2. The van der Waals surface area contributed by atoms with Gasteiger partial charge in [0.1, 0.15) is 0 Å². The van der Waals surface area contributed by atoms with Crippen LogP contribution in [0.3, 0.4) is 0 Å². The van der Waals surface area contributed by atoms with E-state index in [0.717, 1.165) is 84.6 Å². The first kappa shape index (κ1) is 67.5. The van der Waals surface area contributed by atoms with Gasteiger partial charge in [-0.2, -0.15) is 0 Å². The fraction of sp³-hybridized carbons (Fsp3) is 0.270. The van der Waals surface area contributed by atoms with Crippen molar-refractivity contribution < 1.29 is 9.90 Å². The van der Waals surface area contributed by atoms with Gasteiger partial charge in [0.05, 0.1) is 73.0 Å². The Kier molecular flexibility index (Phi) is 17.6. The van der Waals surface area contributed by atoms with Gasteiger partial charge in [-0.3, -0.25) is 0 Å². The Labute approximate surface area is 580 Å². The molecule has 10 aromatic rings. The number of hydrogen-bond donors (Lipinski definition) is 3. The number of carboxylic acids is 1. The number of fused-ring (bicyclic) bond motifs is 8. The molecule has 98 heavy (non-hydrogen) atoms. The highest BCUT2D eigenvalue weighted by molar-refractivity contribution is 6.01. The van der Waals surface area contributed by atoms with Crippen molar-refractivity contribution in [2.24, 2.45) is 0 Å². The van der Waals surface area contributed by atoms with Crippen molar-refractivity contribution >= 4 is 104 Å². The zero-order valence-electron chi connectivity index (χ0n) is 60.4. The minimum atomic E-state index is -0.995. The van der Waals surface area contributed by atoms with Crippen molar-refractivity contribution in [3.8, 4) is 11.8 Å². The van der Waals surface area contributed by atoms with E-state index in [2.05, 4.69) is 355 Å². The highest BCUT2D eigenvalue weighted by Crippen LogP contribution is 2.48. The highest BCUT2D eigenvalue weighted by atomic mass is 16.4. The molecule has 0 aliphatic carbocycles. The van der Waals surface area contributed by atoms with Gasteiger partial charge in [0, 0.05) is 39.7 Å². The number of benzene rings is 7. The number of nitrogens with zero attached hydrogens (tertiary/aromatic N) is 5. The van der Waals surface area contributed by atoms with Gasteiger partial charge in [0.15, 0.2) is 0 Å². The number of aromatic nitrogens is 4. The smallest absolute Gasteiger partial charge is 0.335 e. The number of anilines is 9. The summed E-state index contributed by atoms with van der Waals surface area (Å²) >= 11 is 0. The Hall–Kier alpha value is -10.4. The van der Waals surface area contributed by atoms with E-state index in [4.69, 9.17) is 9.97 Å². The van der Waals surface area contributed by atoms with Crippen LogP contribution in [-0.2, 0) is 32.5 Å². The van der Waals surface area contributed by atoms with Crippen molar-refractivity contribution in [3.63, 3.8) is 0 Å². The second-order valence-electron chi connectivity index (χ2n) is 32.4. The minimum Gasteiger partial charge on any atom is -0.478 e. The van der Waals surface area contributed by atoms with Crippen molar-refractivity contribution in [1.82, 2.24) is 19.9 Å². The zero-order chi connectivity index (χ0) is 70.0. The molecule has 2 aliphatic rings. The van der Waals surface area contributed by atoms with Gasteiger partial charge in [0.2, 0.25) is 0 Å². The number of carboxylic acid groups (broad SMARTS) is 1. The van der Waals surface area contributed by atoms with Crippen LogP contribution >= 0.6 is 0 Å². The quantitative estimate of drug-likeness (QED) is 0.117. The molecular weight excluding hydrogens is 1200 g/mol. The standard InChI is InChI=1S/C89H93N7O2/c1-84(2,3)60-25-38-67(39-26-60)94(68-40-27-61(28-41-68)85(4,5)6)80-73-50-37-66(90-73)56-78-59(24-21-57-19-22-58(23-20-57)83(97)98)55-79(93-78)82(96(71-46-33-64(34-47-71)88(13,14)15)72-48-35-65(36-49-72)89(16,17)18)77-54-53-76(92-77)81(75-52-51-74(80)91-75)95(69-42-29-62(30-43-69)86(7,8)9)70-44-31-63(32-45-70)87(10,11)12/h19-20,22-23,25-56,91,93H,1-18H3,(H,97,98). The average molecular weight is 1290 g/mol. The summed E-state index contributed by atoms with van der Waals surface area (Å²) in [5.41, 5.74) is 22.7.